The third-order valence-electron chi connectivity index (χ3n) is 4.29. The van der Waals surface area contributed by atoms with Crippen molar-refractivity contribution in [2.45, 2.75) is 30.5 Å². The van der Waals surface area contributed by atoms with Gasteiger partial charge in [-0.05, 0) is 32.9 Å². The highest BCUT2D eigenvalue weighted by molar-refractivity contribution is 8.16. The summed E-state index contributed by atoms with van der Waals surface area (Å²) >= 11 is 1.35. The summed E-state index contributed by atoms with van der Waals surface area (Å²) in [6.07, 6.45) is 0. The Morgan fingerprint density at radius 1 is 1.15 bits per heavy atom. The van der Waals surface area contributed by atoms with E-state index in [9.17, 15) is 4.79 Å². The van der Waals surface area contributed by atoms with E-state index < -0.39 is 0 Å². The lowest BCUT2D eigenvalue weighted by Gasteiger charge is -2.32. The summed E-state index contributed by atoms with van der Waals surface area (Å²) in [7, 11) is 3.48. The second-order valence-electron chi connectivity index (χ2n) is 6.71. The quantitative estimate of drug-likeness (QED) is 0.390. The highest BCUT2D eigenvalue weighted by Gasteiger charge is 2.40. The van der Waals surface area contributed by atoms with Gasteiger partial charge in [-0.1, -0.05) is 42.0 Å². The van der Waals surface area contributed by atoms with Crippen LogP contribution in [-0.4, -0.2) is 5.12 Å². The average Bonchev–Trinajstić information content (AvgIpc) is 3.01. The van der Waals surface area contributed by atoms with E-state index in [1.165, 1.54) is 33.3 Å². The molecule has 1 N–H and O–H groups in total. The minimum absolute atomic E-state index is 0. The van der Waals surface area contributed by atoms with Gasteiger partial charge in [-0.2, -0.15) is 0 Å². The molecule has 0 amide bonds. The fourth-order valence-electron chi connectivity index (χ4n) is 3.06. The molecule has 26 heavy (non-hydrogen) atoms. The molecular formula is C20H18ClNOS3. The van der Waals surface area contributed by atoms with Gasteiger partial charge >= 0.3 is 10.3 Å². The molecule has 0 saturated heterocycles. The molecule has 0 radical (unpaired) electrons. The summed E-state index contributed by atoms with van der Waals surface area (Å²) in [6, 6.07) is 16.0. The molecule has 0 unspecified atom stereocenters. The summed E-state index contributed by atoms with van der Waals surface area (Å²) < 4.78 is 1.09. The third-order valence-corrected chi connectivity index (χ3v) is 8.48. The van der Waals surface area contributed by atoms with E-state index in [-0.39, 0.29) is 23.1 Å². The molecule has 134 valence electrons. The number of fused-ring (bicyclic) bond motifs is 3. The van der Waals surface area contributed by atoms with Crippen LogP contribution >= 0.6 is 32.4 Å². The Balaban J connectivity index is 0.00000196. The summed E-state index contributed by atoms with van der Waals surface area (Å²) in [5, 5.41) is 3.74. The van der Waals surface area contributed by atoms with Gasteiger partial charge in [-0.15, -0.1) is 0 Å². The molecule has 4 rings (SSSR count). The number of hydrogen-bond acceptors (Lipinski definition) is 4. The van der Waals surface area contributed by atoms with Crippen molar-refractivity contribution in [3.63, 3.8) is 0 Å². The van der Waals surface area contributed by atoms with Crippen molar-refractivity contribution >= 4 is 43.2 Å². The van der Waals surface area contributed by atoms with Gasteiger partial charge in [0.25, 0.3) is 4.21 Å². The first-order chi connectivity index (χ1) is 12.0. The number of thioether (sulfide) groups is 1. The van der Waals surface area contributed by atoms with Crippen LogP contribution in [0.2, 0.25) is 0 Å². The van der Waals surface area contributed by atoms with Gasteiger partial charge in [-0.3, -0.25) is 4.79 Å². The summed E-state index contributed by atoms with van der Waals surface area (Å²) in [5.74, 6) is 0. The zero-order valence-corrected chi connectivity index (χ0v) is 17.8. The van der Waals surface area contributed by atoms with Crippen molar-refractivity contribution in [2.75, 3.05) is 5.32 Å². The number of rotatable bonds is 2. The number of nitrogens with one attached hydrogen (secondary N) is 1. The van der Waals surface area contributed by atoms with Crippen LogP contribution in [0.1, 0.15) is 34.6 Å². The van der Waals surface area contributed by atoms with Gasteiger partial charge in [0.2, 0.25) is 5.12 Å². The molecule has 6 heteroatoms. The predicted octanol–water partition coefficient (Wildman–Crippen LogP) is 3.66. The molecule has 0 aliphatic carbocycles. The average molecular weight is 420 g/mol. The highest BCUT2D eigenvalue weighted by atomic mass is 35.5. The topological polar surface area (TPSA) is 29.1 Å². The number of anilines is 1. The van der Waals surface area contributed by atoms with Gasteiger partial charge in [0.15, 0.2) is 10.3 Å². The monoisotopic (exact) mass is 419 g/mol. The predicted molar refractivity (Wildman–Crippen MR) is 110 cm³/mol. The van der Waals surface area contributed by atoms with Crippen molar-refractivity contribution < 1.29 is 17.2 Å². The van der Waals surface area contributed by atoms with E-state index in [2.05, 4.69) is 44.3 Å². The molecule has 1 aliphatic heterocycles. The van der Waals surface area contributed by atoms with Gasteiger partial charge in [0.1, 0.15) is 4.88 Å². The van der Waals surface area contributed by atoms with Gasteiger partial charge in [-0.25, -0.2) is 0 Å². The maximum Gasteiger partial charge on any atom is 0.309 e. The number of benzene rings is 2. The first-order valence-electron chi connectivity index (χ1n) is 8.09. The molecule has 1 aliphatic rings. The molecule has 3 aromatic rings. The lowest BCUT2D eigenvalue weighted by atomic mass is 9.89. The van der Waals surface area contributed by atoms with Crippen LogP contribution < -0.4 is 17.7 Å². The Labute approximate surface area is 171 Å². The number of hydrogen-bond donors (Lipinski definition) is 1. The van der Waals surface area contributed by atoms with Crippen molar-refractivity contribution in [1.82, 2.24) is 0 Å². The number of aryl methyl sites for hydroxylation is 1. The zero-order chi connectivity index (χ0) is 17.6. The van der Waals surface area contributed by atoms with Crippen LogP contribution in [-0.2, 0) is 5.54 Å². The standard InChI is InChI=1S/C20H18NOS3.ClH/c1-12-9-10-15-14(11-12)16-17(20(2,3)21-15)24-25-19(16)23-18(22)13-7-5-4-6-8-13;/h4-11,21H,1-3H3;1H/q+1;/p-1. The number of halogens is 1. The second-order valence-corrected chi connectivity index (χ2v) is 10.1. The fourth-order valence-corrected chi connectivity index (χ4v) is 7.51. The van der Waals surface area contributed by atoms with E-state index in [4.69, 9.17) is 0 Å². The molecular weight excluding hydrogens is 402 g/mol. The second kappa shape index (κ2) is 7.31. The van der Waals surface area contributed by atoms with E-state index in [0.29, 0.717) is 0 Å². The third kappa shape index (κ3) is 3.41. The minimum atomic E-state index is -0.132. The van der Waals surface area contributed by atoms with Crippen LogP contribution in [0.25, 0.3) is 11.1 Å². The van der Waals surface area contributed by atoms with Crippen molar-refractivity contribution in [2.24, 2.45) is 0 Å². The van der Waals surface area contributed by atoms with Crippen LogP contribution in [0.4, 0.5) is 5.69 Å². The molecule has 2 aromatic carbocycles. The molecule has 1 aromatic heterocycles. The van der Waals surface area contributed by atoms with Crippen molar-refractivity contribution in [3.05, 3.63) is 64.5 Å². The van der Waals surface area contributed by atoms with Gasteiger partial charge < -0.3 is 17.7 Å². The van der Waals surface area contributed by atoms with Crippen LogP contribution in [0, 0.1) is 6.92 Å². The molecule has 0 atom stereocenters. The van der Waals surface area contributed by atoms with E-state index in [0.717, 1.165) is 15.5 Å². The smallest absolute Gasteiger partial charge is 0.309 e. The zero-order valence-electron chi connectivity index (χ0n) is 14.6. The minimum Gasteiger partial charge on any atom is -1.00 e. The van der Waals surface area contributed by atoms with Crippen LogP contribution in [0.15, 0.2) is 52.7 Å². The Kier molecular flexibility index (Phi) is 5.45. The number of carbonyl (C=O) groups is 1. The molecule has 0 bridgehead atoms. The Morgan fingerprint density at radius 3 is 2.62 bits per heavy atom. The lowest BCUT2D eigenvalue weighted by Crippen LogP contribution is -3.00. The van der Waals surface area contributed by atoms with Crippen molar-refractivity contribution in [1.29, 1.82) is 0 Å². The maximum atomic E-state index is 12.7. The first kappa shape index (κ1) is 19.4. The molecule has 2 nitrogen and oxygen atoms in total. The SMILES string of the molecule is Cc1ccc2c(c1)-c1c(s[s+]c1SC(=O)c1ccccc1)C(C)(C)N2.[Cl-]. The largest absolute Gasteiger partial charge is 1.00 e. The van der Waals surface area contributed by atoms with E-state index >= 15 is 0 Å². The highest BCUT2D eigenvalue weighted by Crippen LogP contribution is 2.53. The molecule has 0 fully saturated rings. The Bertz CT molecular complexity index is 966. The number of carbonyl (C=O) groups excluding carboxylic acids is 1. The fraction of sp³-hybridized carbons (Fsp3) is 0.200. The Morgan fingerprint density at radius 2 is 1.88 bits per heavy atom. The molecule has 0 saturated carbocycles. The normalized spacial score (nSPS) is 13.8. The molecule has 2 heterocycles. The van der Waals surface area contributed by atoms with Gasteiger partial charge in [0.05, 0.1) is 11.1 Å². The van der Waals surface area contributed by atoms with Crippen molar-refractivity contribution in [3.8, 4) is 11.1 Å². The van der Waals surface area contributed by atoms with E-state index in [1.807, 2.05) is 30.3 Å². The van der Waals surface area contributed by atoms with Gasteiger partial charge in [0, 0.05) is 28.6 Å². The summed E-state index contributed by atoms with van der Waals surface area (Å²) in [6.45, 7) is 6.51. The maximum absolute atomic E-state index is 12.7. The summed E-state index contributed by atoms with van der Waals surface area (Å²) in [4.78, 5) is 14.0. The Hall–Kier alpha value is -1.40. The molecule has 0 spiro atoms. The first-order valence-corrected chi connectivity index (χ1v) is 11.1. The van der Waals surface area contributed by atoms with Crippen LogP contribution in [0.3, 0.4) is 0 Å². The lowest BCUT2D eigenvalue weighted by molar-refractivity contribution is -0.0000118. The van der Waals surface area contributed by atoms with E-state index in [1.54, 1.807) is 20.7 Å². The summed E-state index contributed by atoms with van der Waals surface area (Å²) in [5.41, 5.74) is 5.42. The van der Waals surface area contributed by atoms with Crippen LogP contribution in [0.5, 0.6) is 0 Å².